The molecule has 1 rings (SSSR count). The molecule has 0 fully saturated rings. The summed E-state index contributed by atoms with van der Waals surface area (Å²) < 4.78 is 0. The predicted molar refractivity (Wildman–Crippen MR) is 61.4 cm³/mol. The number of nitrogens with one attached hydrogen (secondary N) is 1. The number of aryl methyl sites for hydroxylation is 1. The number of likely N-dealkylation sites (N-methyl/N-ethyl adjacent to an activating group) is 1. The van der Waals surface area contributed by atoms with Gasteiger partial charge in [0, 0.05) is 0 Å². The van der Waals surface area contributed by atoms with Gasteiger partial charge in [-0.15, -0.1) is 0 Å². The van der Waals surface area contributed by atoms with Crippen LogP contribution in [-0.2, 0) is 11.2 Å². The lowest BCUT2D eigenvalue weighted by Gasteiger charge is -2.14. The van der Waals surface area contributed by atoms with E-state index in [9.17, 15) is 4.79 Å². The third-order valence-corrected chi connectivity index (χ3v) is 2.41. The Balaban J connectivity index is 2.86. The SMILES string of the molecule is CCNC(C(N)=O)c1ccc(CC)cc1. The molecular weight excluding hydrogens is 188 g/mol. The van der Waals surface area contributed by atoms with Crippen molar-refractivity contribution in [1.29, 1.82) is 0 Å². The van der Waals surface area contributed by atoms with Crippen LogP contribution in [0.3, 0.4) is 0 Å². The van der Waals surface area contributed by atoms with Crippen LogP contribution in [0, 0.1) is 0 Å². The largest absolute Gasteiger partial charge is 0.368 e. The topological polar surface area (TPSA) is 55.1 Å². The van der Waals surface area contributed by atoms with Gasteiger partial charge in [-0.25, -0.2) is 0 Å². The van der Waals surface area contributed by atoms with Crippen molar-refractivity contribution in [3.05, 3.63) is 35.4 Å². The van der Waals surface area contributed by atoms with E-state index in [1.807, 2.05) is 31.2 Å². The third kappa shape index (κ3) is 3.06. The molecule has 1 aromatic rings. The fraction of sp³-hybridized carbons (Fsp3) is 0.417. The first-order chi connectivity index (χ1) is 7.19. The molecule has 0 spiro atoms. The monoisotopic (exact) mass is 206 g/mol. The van der Waals surface area contributed by atoms with E-state index < -0.39 is 0 Å². The Morgan fingerprint density at radius 2 is 1.93 bits per heavy atom. The Hall–Kier alpha value is -1.35. The van der Waals surface area contributed by atoms with Crippen LogP contribution in [0.15, 0.2) is 24.3 Å². The van der Waals surface area contributed by atoms with Crippen molar-refractivity contribution in [3.8, 4) is 0 Å². The first kappa shape index (κ1) is 11.7. The summed E-state index contributed by atoms with van der Waals surface area (Å²) in [6, 6.07) is 7.60. The minimum absolute atomic E-state index is 0.332. The number of hydrogen-bond acceptors (Lipinski definition) is 2. The van der Waals surface area contributed by atoms with Gasteiger partial charge in [0.1, 0.15) is 6.04 Å². The maximum Gasteiger partial charge on any atom is 0.239 e. The van der Waals surface area contributed by atoms with Gasteiger partial charge in [-0.3, -0.25) is 4.79 Å². The Labute approximate surface area is 90.7 Å². The van der Waals surface area contributed by atoms with Crippen LogP contribution >= 0.6 is 0 Å². The molecule has 0 aromatic heterocycles. The molecule has 0 aliphatic carbocycles. The van der Waals surface area contributed by atoms with Crippen LogP contribution in [0.2, 0.25) is 0 Å². The van der Waals surface area contributed by atoms with E-state index in [0.717, 1.165) is 18.5 Å². The number of hydrogen-bond donors (Lipinski definition) is 2. The number of carbonyl (C=O) groups excluding carboxylic acids is 1. The average molecular weight is 206 g/mol. The smallest absolute Gasteiger partial charge is 0.239 e. The molecule has 0 heterocycles. The maximum absolute atomic E-state index is 11.2. The second-order valence-electron chi connectivity index (χ2n) is 3.49. The van der Waals surface area contributed by atoms with Gasteiger partial charge in [0.2, 0.25) is 5.91 Å². The number of primary amides is 1. The molecule has 1 amide bonds. The zero-order valence-corrected chi connectivity index (χ0v) is 9.29. The highest BCUT2D eigenvalue weighted by atomic mass is 16.1. The molecular formula is C12H18N2O. The van der Waals surface area contributed by atoms with Gasteiger partial charge in [0.15, 0.2) is 0 Å². The average Bonchev–Trinajstić information content (AvgIpc) is 2.26. The second kappa shape index (κ2) is 5.51. The van der Waals surface area contributed by atoms with E-state index in [2.05, 4.69) is 12.2 Å². The summed E-state index contributed by atoms with van der Waals surface area (Å²) in [5.74, 6) is -0.332. The molecule has 0 bridgehead atoms. The lowest BCUT2D eigenvalue weighted by molar-refractivity contribution is -0.120. The number of carbonyl (C=O) groups is 1. The van der Waals surface area contributed by atoms with Crippen LogP contribution in [0.25, 0.3) is 0 Å². The van der Waals surface area contributed by atoms with Crippen molar-refractivity contribution in [1.82, 2.24) is 5.32 Å². The number of benzene rings is 1. The van der Waals surface area contributed by atoms with Crippen molar-refractivity contribution < 1.29 is 4.79 Å². The summed E-state index contributed by atoms with van der Waals surface area (Å²) in [6.07, 6.45) is 1.00. The third-order valence-electron chi connectivity index (χ3n) is 2.41. The molecule has 1 atom stereocenters. The second-order valence-corrected chi connectivity index (χ2v) is 3.49. The highest BCUT2D eigenvalue weighted by molar-refractivity contribution is 5.81. The lowest BCUT2D eigenvalue weighted by Crippen LogP contribution is -2.33. The van der Waals surface area contributed by atoms with Crippen molar-refractivity contribution in [2.75, 3.05) is 6.54 Å². The summed E-state index contributed by atoms with van der Waals surface area (Å²) in [4.78, 5) is 11.2. The fourth-order valence-corrected chi connectivity index (χ4v) is 1.53. The summed E-state index contributed by atoms with van der Waals surface area (Å²) in [5.41, 5.74) is 7.52. The van der Waals surface area contributed by atoms with Crippen LogP contribution < -0.4 is 11.1 Å². The molecule has 0 radical (unpaired) electrons. The normalized spacial score (nSPS) is 12.4. The highest BCUT2D eigenvalue weighted by Gasteiger charge is 2.15. The molecule has 15 heavy (non-hydrogen) atoms. The quantitative estimate of drug-likeness (QED) is 0.764. The van der Waals surface area contributed by atoms with Crippen molar-refractivity contribution in [3.63, 3.8) is 0 Å². The summed E-state index contributed by atoms with van der Waals surface area (Å²) in [5, 5.41) is 3.06. The van der Waals surface area contributed by atoms with Crippen LogP contribution in [0.5, 0.6) is 0 Å². The van der Waals surface area contributed by atoms with Gasteiger partial charge in [0.05, 0.1) is 0 Å². The molecule has 0 saturated carbocycles. The zero-order valence-electron chi connectivity index (χ0n) is 9.29. The summed E-state index contributed by atoms with van der Waals surface area (Å²) >= 11 is 0. The molecule has 1 unspecified atom stereocenters. The molecule has 3 nitrogen and oxygen atoms in total. The van der Waals surface area contributed by atoms with Crippen LogP contribution in [0.1, 0.15) is 31.0 Å². The summed E-state index contributed by atoms with van der Waals surface area (Å²) in [7, 11) is 0. The van der Waals surface area contributed by atoms with Crippen LogP contribution in [-0.4, -0.2) is 12.5 Å². The lowest BCUT2D eigenvalue weighted by atomic mass is 10.0. The van der Waals surface area contributed by atoms with Gasteiger partial charge >= 0.3 is 0 Å². The van der Waals surface area contributed by atoms with E-state index in [0.29, 0.717) is 0 Å². The van der Waals surface area contributed by atoms with Gasteiger partial charge in [-0.2, -0.15) is 0 Å². The number of rotatable bonds is 5. The van der Waals surface area contributed by atoms with E-state index in [1.54, 1.807) is 0 Å². The van der Waals surface area contributed by atoms with Crippen LogP contribution in [0.4, 0.5) is 0 Å². The fourth-order valence-electron chi connectivity index (χ4n) is 1.53. The zero-order chi connectivity index (χ0) is 11.3. The minimum atomic E-state index is -0.374. The van der Waals surface area contributed by atoms with E-state index in [4.69, 9.17) is 5.73 Å². The molecule has 3 N–H and O–H groups in total. The predicted octanol–water partition coefficient (Wildman–Crippen LogP) is 1.38. The Kier molecular flexibility index (Phi) is 4.31. The molecule has 0 aliphatic rings. The number of nitrogens with two attached hydrogens (primary N) is 1. The molecule has 0 saturated heterocycles. The van der Waals surface area contributed by atoms with Crippen molar-refractivity contribution in [2.24, 2.45) is 5.73 Å². The highest BCUT2D eigenvalue weighted by Crippen LogP contribution is 2.13. The first-order valence-electron chi connectivity index (χ1n) is 5.30. The Bertz CT molecular complexity index is 319. The van der Waals surface area contributed by atoms with E-state index >= 15 is 0 Å². The first-order valence-corrected chi connectivity index (χ1v) is 5.30. The van der Waals surface area contributed by atoms with Gasteiger partial charge in [0.25, 0.3) is 0 Å². The Morgan fingerprint density at radius 1 is 1.33 bits per heavy atom. The number of amides is 1. The molecule has 1 aromatic carbocycles. The summed E-state index contributed by atoms with van der Waals surface area (Å²) in [6.45, 7) is 4.78. The van der Waals surface area contributed by atoms with Crippen molar-refractivity contribution in [2.45, 2.75) is 26.3 Å². The molecule has 3 heteroatoms. The molecule has 0 aliphatic heterocycles. The standard InChI is InChI=1S/C12H18N2O/c1-3-9-5-7-10(8-6-9)11(12(13)15)14-4-2/h5-8,11,14H,3-4H2,1-2H3,(H2,13,15). The van der Waals surface area contributed by atoms with E-state index in [1.165, 1.54) is 5.56 Å². The van der Waals surface area contributed by atoms with Gasteiger partial charge in [-0.05, 0) is 24.1 Å². The van der Waals surface area contributed by atoms with Gasteiger partial charge < -0.3 is 11.1 Å². The maximum atomic E-state index is 11.2. The van der Waals surface area contributed by atoms with Gasteiger partial charge in [-0.1, -0.05) is 38.1 Å². The minimum Gasteiger partial charge on any atom is -0.368 e. The Morgan fingerprint density at radius 3 is 2.33 bits per heavy atom. The molecule has 82 valence electrons. The van der Waals surface area contributed by atoms with E-state index in [-0.39, 0.29) is 11.9 Å². The van der Waals surface area contributed by atoms with Crippen molar-refractivity contribution >= 4 is 5.91 Å².